The highest BCUT2D eigenvalue weighted by molar-refractivity contribution is 9.10. The van der Waals surface area contributed by atoms with E-state index in [1.165, 1.54) is 13.1 Å². The van der Waals surface area contributed by atoms with Gasteiger partial charge < -0.3 is 5.32 Å². The molecule has 3 nitrogen and oxygen atoms in total. The van der Waals surface area contributed by atoms with Crippen LogP contribution in [-0.2, 0) is 6.18 Å². The van der Waals surface area contributed by atoms with E-state index in [9.17, 15) is 13.2 Å². The number of hydrogen-bond acceptors (Lipinski definition) is 3. The van der Waals surface area contributed by atoms with Crippen LogP contribution in [-0.4, -0.2) is 17.0 Å². The van der Waals surface area contributed by atoms with Gasteiger partial charge in [0, 0.05) is 16.9 Å². The molecule has 0 spiro atoms. The minimum Gasteiger partial charge on any atom is -0.373 e. The zero-order valence-corrected chi connectivity index (χ0v) is 10.2. The second-order valence-electron chi connectivity index (χ2n) is 3.31. The molecule has 0 aliphatic rings. The van der Waals surface area contributed by atoms with E-state index in [0.717, 1.165) is 4.47 Å². The Morgan fingerprint density at radius 2 is 1.94 bits per heavy atom. The van der Waals surface area contributed by atoms with Gasteiger partial charge in [0.15, 0.2) is 0 Å². The van der Waals surface area contributed by atoms with Gasteiger partial charge >= 0.3 is 6.18 Å². The van der Waals surface area contributed by atoms with Crippen molar-refractivity contribution in [1.29, 1.82) is 0 Å². The van der Waals surface area contributed by atoms with Gasteiger partial charge in [-0.1, -0.05) is 15.9 Å². The molecule has 0 radical (unpaired) electrons. The van der Waals surface area contributed by atoms with E-state index in [-0.39, 0.29) is 11.3 Å². The maximum atomic E-state index is 12.5. The van der Waals surface area contributed by atoms with Crippen LogP contribution in [0.25, 0.3) is 10.9 Å². The lowest BCUT2D eigenvalue weighted by Gasteiger charge is -2.10. The first-order valence-corrected chi connectivity index (χ1v) is 5.43. The molecule has 1 N–H and O–H groups in total. The smallest absolute Gasteiger partial charge is 0.373 e. The van der Waals surface area contributed by atoms with Gasteiger partial charge in [0.1, 0.15) is 5.82 Å². The number of aromatic nitrogens is 2. The number of benzene rings is 1. The lowest BCUT2D eigenvalue weighted by atomic mass is 10.2. The molecule has 17 heavy (non-hydrogen) atoms. The summed E-state index contributed by atoms with van der Waals surface area (Å²) in [6.45, 7) is 0. The predicted molar refractivity (Wildman–Crippen MR) is 61.8 cm³/mol. The number of alkyl halides is 3. The topological polar surface area (TPSA) is 37.8 Å². The Hall–Kier alpha value is -1.37. The van der Waals surface area contributed by atoms with Crippen molar-refractivity contribution in [1.82, 2.24) is 9.97 Å². The molecular weight excluding hydrogens is 299 g/mol. The maximum Gasteiger partial charge on any atom is 0.451 e. The summed E-state index contributed by atoms with van der Waals surface area (Å²) in [5, 5.41) is 3.17. The van der Waals surface area contributed by atoms with Crippen molar-refractivity contribution >= 4 is 32.7 Å². The van der Waals surface area contributed by atoms with Gasteiger partial charge in [-0.05, 0) is 18.2 Å². The monoisotopic (exact) mass is 305 g/mol. The van der Waals surface area contributed by atoms with Crippen molar-refractivity contribution in [3.63, 3.8) is 0 Å². The molecule has 7 heteroatoms. The van der Waals surface area contributed by atoms with Crippen molar-refractivity contribution < 1.29 is 13.2 Å². The second kappa shape index (κ2) is 4.14. The van der Waals surface area contributed by atoms with Gasteiger partial charge in [-0.2, -0.15) is 13.2 Å². The summed E-state index contributed by atoms with van der Waals surface area (Å²) in [5.41, 5.74) is 0.250. The lowest BCUT2D eigenvalue weighted by molar-refractivity contribution is -0.144. The third-order valence-corrected chi connectivity index (χ3v) is 2.64. The Labute approximate surface area is 103 Å². The van der Waals surface area contributed by atoms with Crippen molar-refractivity contribution in [2.45, 2.75) is 6.18 Å². The zero-order chi connectivity index (χ0) is 12.6. The Bertz CT molecular complexity index is 568. The van der Waals surface area contributed by atoms with Crippen molar-refractivity contribution in [3.05, 3.63) is 28.5 Å². The average molecular weight is 306 g/mol. The number of fused-ring (bicyclic) bond motifs is 1. The van der Waals surface area contributed by atoms with Crippen molar-refractivity contribution in [3.8, 4) is 0 Å². The quantitative estimate of drug-likeness (QED) is 0.877. The molecule has 2 rings (SSSR count). The maximum absolute atomic E-state index is 12.5. The van der Waals surface area contributed by atoms with E-state index in [1.807, 2.05) is 0 Å². The molecule has 1 heterocycles. The summed E-state index contributed by atoms with van der Waals surface area (Å²) in [6, 6.07) is 4.81. The third-order valence-electron chi connectivity index (χ3n) is 2.15. The predicted octanol–water partition coefficient (Wildman–Crippen LogP) is 3.45. The molecular formula is C10H7BrF3N3. The Balaban J connectivity index is 2.75. The number of rotatable bonds is 1. The molecule has 0 fully saturated rings. The molecule has 0 bridgehead atoms. The normalized spacial score (nSPS) is 11.8. The van der Waals surface area contributed by atoms with E-state index in [2.05, 4.69) is 31.2 Å². The van der Waals surface area contributed by atoms with Crippen LogP contribution in [0, 0.1) is 0 Å². The molecule has 1 aromatic carbocycles. The molecule has 0 amide bonds. The van der Waals surface area contributed by atoms with Crippen LogP contribution in [0.1, 0.15) is 5.82 Å². The number of nitrogens with zero attached hydrogens (tertiary/aromatic N) is 2. The van der Waals surface area contributed by atoms with Gasteiger partial charge in [-0.15, -0.1) is 0 Å². The molecule has 0 saturated carbocycles. The van der Waals surface area contributed by atoms with E-state index in [0.29, 0.717) is 5.39 Å². The molecule has 0 atom stereocenters. The van der Waals surface area contributed by atoms with Crippen LogP contribution < -0.4 is 5.32 Å². The highest BCUT2D eigenvalue weighted by Crippen LogP contribution is 2.31. The van der Waals surface area contributed by atoms with E-state index < -0.39 is 12.0 Å². The number of hydrogen-bond donors (Lipinski definition) is 1. The number of nitrogens with one attached hydrogen (secondary N) is 1. The fraction of sp³-hybridized carbons (Fsp3) is 0.200. The SMILES string of the molecule is CNc1nc(C(F)(F)F)nc2ccc(Br)cc12. The van der Waals surface area contributed by atoms with Gasteiger partial charge in [0.25, 0.3) is 0 Å². The Morgan fingerprint density at radius 1 is 1.24 bits per heavy atom. The summed E-state index contributed by atoms with van der Waals surface area (Å²) >= 11 is 3.25. The standard InChI is InChI=1S/C10H7BrF3N3/c1-15-8-6-4-5(11)2-3-7(6)16-9(17-8)10(12,13)14/h2-4H,1H3,(H,15,16,17). The third kappa shape index (κ3) is 2.33. The first-order chi connectivity index (χ1) is 7.91. The minimum atomic E-state index is -4.55. The molecule has 0 unspecified atom stereocenters. The van der Waals surface area contributed by atoms with Crippen LogP contribution in [0.4, 0.5) is 19.0 Å². The summed E-state index contributed by atoms with van der Waals surface area (Å²) in [7, 11) is 1.52. The van der Waals surface area contributed by atoms with Crippen LogP contribution in [0.15, 0.2) is 22.7 Å². The fourth-order valence-corrected chi connectivity index (χ4v) is 1.78. The van der Waals surface area contributed by atoms with E-state index >= 15 is 0 Å². The Morgan fingerprint density at radius 3 is 2.53 bits per heavy atom. The molecule has 0 saturated heterocycles. The fourth-order valence-electron chi connectivity index (χ4n) is 1.42. The summed E-state index contributed by atoms with van der Waals surface area (Å²) in [6.07, 6.45) is -4.55. The van der Waals surface area contributed by atoms with Crippen LogP contribution >= 0.6 is 15.9 Å². The van der Waals surface area contributed by atoms with E-state index in [4.69, 9.17) is 0 Å². The first-order valence-electron chi connectivity index (χ1n) is 4.64. The molecule has 2 aromatic rings. The van der Waals surface area contributed by atoms with Crippen LogP contribution in [0.2, 0.25) is 0 Å². The first kappa shape index (κ1) is 12.1. The average Bonchev–Trinajstić information content (AvgIpc) is 2.26. The molecule has 0 aliphatic heterocycles. The zero-order valence-electron chi connectivity index (χ0n) is 8.64. The highest BCUT2D eigenvalue weighted by Gasteiger charge is 2.35. The van der Waals surface area contributed by atoms with E-state index in [1.54, 1.807) is 12.1 Å². The van der Waals surface area contributed by atoms with Gasteiger partial charge in [-0.3, -0.25) is 0 Å². The van der Waals surface area contributed by atoms with Gasteiger partial charge in [0.05, 0.1) is 5.52 Å². The van der Waals surface area contributed by atoms with Crippen LogP contribution in [0.5, 0.6) is 0 Å². The van der Waals surface area contributed by atoms with Gasteiger partial charge in [-0.25, -0.2) is 9.97 Å². The van der Waals surface area contributed by atoms with Crippen molar-refractivity contribution in [2.75, 3.05) is 12.4 Å². The number of anilines is 1. The highest BCUT2D eigenvalue weighted by atomic mass is 79.9. The van der Waals surface area contributed by atoms with Crippen molar-refractivity contribution in [2.24, 2.45) is 0 Å². The summed E-state index contributed by atoms with van der Waals surface area (Å²) in [5.74, 6) is -0.986. The molecule has 1 aromatic heterocycles. The molecule has 0 aliphatic carbocycles. The largest absolute Gasteiger partial charge is 0.451 e. The number of halogens is 4. The van der Waals surface area contributed by atoms with Gasteiger partial charge in [0.2, 0.25) is 5.82 Å². The lowest BCUT2D eigenvalue weighted by Crippen LogP contribution is -2.12. The minimum absolute atomic E-state index is 0.156. The summed E-state index contributed by atoms with van der Waals surface area (Å²) in [4.78, 5) is 6.96. The second-order valence-corrected chi connectivity index (χ2v) is 4.22. The van der Waals surface area contributed by atoms with Crippen LogP contribution in [0.3, 0.4) is 0 Å². The molecule has 90 valence electrons. The Kier molecular flexibility index (Phi) is 2.94. The summed E-state index contributed by atoms with van der Waals surface area (Å²) < 4.78 is 38.4.